The second-order valence-corrected chi connectivity index (χ2v) is 5.62. The van der Waals surface area contributed by atoms with E-state index in [9.17, 15) is 13.2 Å². The minimum absolute atomic E-state index is 0.141. The zero-order valence-electron chi connectivity index (χ0n) is 10.3. The van der Waals surface area contributed by atoms with Gasteiger partial charge >= 0.3 is 0 Å². The molecule has 1 aromatic carbocycles. The van der Waals surface area contributed by atoms with Gasteiger partial charge in [0.15, 0.2) is 0 Å². The van der Waals surface area contributed by atoms with Crippen LogP contribution in [0.25, 0.3) is 0 Å². The summed E-state index contributed by atoms with van der Waals surface area (Å²) in [7, 11) is -2.11. The third kappa shape index (κ3) is 3.52. The first-order valence-corrected chi connectivity index (χ1v) is 6.99. The fourth-order valence-electron chi connectivity index (χ4n) is 1.26. The Morgan fingerprint density at radius 2 is 1.89 bits per heavy atom. The molecule has 0 aromatic heterocycles. The summed E-state index contributed by atoms with van der Waals surface area (Å²) in [4.78, 5) is 11.7. The van der Waals surface area contributed by atoms with Gasteiger partial charge < -0.3 is 11.1 Å². The lowest BCUT2D eigenvalue weighted by Crippen LogP contribution is -2.34. The Morgan fingerprint density at radius 1 is 1.33 bits per heavy atom. The van der Waals surface area contributed by atoms with Crippen LogP contribution < -0.4 is 15.8 Å². The van der Waals surface area contributed by atoms with E-state index in [1.807, 2.05) is 6.92 Å². The molecule has 1 amide bonds. The summed E-state index contributed by atoms with van der Waals surface area (Å²) in [6.45, 7) is 1.81. The first kappa shape index (κ1) is 14.6. The summed E-state index contributed by atoms with van der Waals surface area (Å²) in [5.74, 6) is -0.290. The lowest BCUT2D eigenvalue weighted by molar-refractivity contribution is -0.117. The summed E-state index contributed by atoms with van der Waals surface area (Å²) in [5.41, 5.74) is 6.08. The number of anilines is 1. The van der Waals surface area contributed by atoms with Crippen molar-refractivity contribution in [2.45, 2.75) is 24.3 Å². The Kier molecular flexibility index (Phi) is 4.83. The van der Waals surface area contributed by atoms with Gasteiger partial charge in [-0.25, -0.2) is 13.1 Å². The van der Waals surface area contributed by atoms with Gasteiger partial charge in [-0.3, -0.25) is 4.79 Å². The fraction of sp³-hybridized carbons (Fsp3) is 0.364. The number of nitrogens with one attached hydrogen (secondary N) is 2. The highest BCUT2D eigenvalue weighted by atomic mass is 32.2. The molecule has 0 radical (unpaired) electrons. The summed E-state index contributed by atoms with van der Waals surface area (Å²) in [6, 6.07) is 5.30. The summed E-state index contributed by atoms with van der Waals surface area (Å²) in [5, 5.41) is 2.61. The van der Waals surface area contributed by atoms with E-state index in [2.05, 4.69) is 10.0 Å². The van der Waals surface area contributed by atoms with Crippen LogP contribution in [0.5, 0.6) is 0 Å². The molecule has 18 heavy (non-hydrogen) atoms. The molecule has 7 heteroatoms. The molecule has 0 heterocycles. The van der Waals surface area contributed by atoms with E-state index >= 15 is 0 Å². The number of amides is 1. The standard InChI is InChI=1S/C11H17N3O3S/c1-3-10(12)11(15)14-8-4-6-9(7-5-8)18(16,17)13-2/h4-7,10,13H,3,12H2,1-2H3,(H,14,15)/t10-/m0/s1. The Morgan fingerprint density at radius 3 is 2.33 bits per heavy atom. The van der Waals surface area contributed by atoms with Gasteiger partial charge in [-0.1, -0.05) is 6.92 Å². The smallest absolute Gasteiger partial charge is 0.241 e. The Balaban J connectivity index is 2.82. The predicted molar refractivity (Wildman–Crippen MR) is 69.6 cm³/mol. The van der Waals surface area contributed by atoms with Crippen LogP contribution in [0.2, 0.25) is 0 Å². The molecule has 0 bridgehead atoms. The van der Waals surface area contributed by atoms with E-state index in [4.69, 9.17) is 5.73 Å². The van der Waals surface area contributed by atoms with E-state index < -0.39 is 16.1 Å². The number of hydrogen-bond donors (Lipinski definition) is 3. The lowest BCUT2D eigenvalue weighted by atomic mass is 10.2. The SMILES string of the molecule is CC[C@H](N)C(=O)Nc1ccc(S(=O)(=O)NC)cc1. The minimum Gasteiger partial charge on any atom is -0.325 e. The first-order chi connectivity index (χ1) is 8.40. The fourth-order valence-corrected chi connectivity index (χ4v) is 1.99. The van der Waals surface area contributed by atoms with Crippen LogP contribution in [0.3, 0.4) is 0 Å². The minimum atomic E-state index is -3.45. The van der Waals surface area contributed by atoms with Crippen LogP contribution in [0.15, 0.2) is 29.2 Å². The summed E-state index contributed by atoms with van der Waals surface area (Å²) >= 11 is 0. The number of hydrogen-bond acceptors (Lipinski definition) is 4. The molecule has 0 saturated carbocycles. The van der Waals surface area contributed by atoms with E-state index in [1.54, 1.807) is 0 Å². The molecular weight excluding hydrogens is 254 g/mol. The number of benzene rings is 1. The molecular formula is C11H17N3O3S. The molecule has 0 unspecified atom stereocenters. The van der Waals surface area contributed by atoms with Crippen molar-refractivity contribution in [2.75, 3.05) is 12.4 Å². The third-order valence-corrected chi connectivity index (χ3v) is 3.91. The molecule has 4 N–H and O–H groups in total. The van der Waals surface area contributed by atoms with Crippen molar-refractivity contribution in [1.29, 1.82) is 0 Å². The van der Waals surface area contributed by atoms with Gasteiger partial charge in [0, 0.05) is 5.69 Å². The van der Waals surface area contributed by atoms with Gasteiger partial charge in [0.05, 0.1) is 10.9 Å². The van der Waals surface area contributed by atoms with E-state index in [1.165, 1.54) is 31.3 Å². The monoisotopic (exact) mass is 271 g/mol. The number of sulfonamides is 1. The van der Waals surface area contributed by atoms with Crippen molar-refractivity contribution in [3.05, 3.63) is 24.3 Å². The summed E-state index contributed by atoms with van der Waals surface area (Å²) < 4.78 is 25.2. The maximum Gasteiger partial charge on any atom is 0.241 e. The zero-order chi connectivity index (χ0) is 13.8. The van der Waals surface area contributed by atoms with Crippen molar-refractivity contribution in [3.63, 3.8) is 0 Å². The molecule has 1 aromatic rings. The maximum atomic E-state index is 11.5. The van der Waals surface area contributed by atoms with Crippen molar-refractivity contribution < 1.29 is 13.2 Å². The van der Waals surface area contributed by atoms with Crippen LogP contribution in [-0.2, 0) is 14.8 Å². The van der Waals surface area contributed by atoms with E-state index in [0.717, 1.165) is 0 Å². The third-order valence-electron chi connectivity index (χ3n) is 2.48. The highest BCUT2D eigenvalue weighted by Gasteiger charge is 2.13. The molecule has 0 saturated heterocycles. The van der Waals surface area contributed by atoms with E-state index in [0.29, 0.717) is 12.1 Å². The van der Waals surface area contributed by atoms with Gasteiger partial charge in [0.1, 0.15) is 0 Å². The van der Waals surface area contributed by atoms with Crippen LogP contribution in [0.1, 0.15) is 13.3 Å². The largest absolute Gasteiger partial charge is 0.325 e. The van der Waals surface area contributed by atoms with Crippen molar-refractivity contribution in [1.82, 2.24) is 4.72 Å². The average Bonchev–Trinajstić information content (AvgIpc) is 2.38. The van der Waals surface area contributed by atoms with Crippen LogP contribution >= 0.6 is 0 Å². The molecule has 100 valence electrons. The molecule has 0 aliphatic carbocycles. The maximum absolute atomic E-state index is 11.5. The molecule has 0 aliphatic heterocycles. The predicted octanol–water partition coefficient (Wildman–Crippen LogP) is 0.271. The summed E-state index contributed by atoms with van der Waals surface area (Å²) in [6.07, 6.45) is 0.540. The van der Waals surface area contributed by atoms with Crippen LogP contribution in [-0.4, -0.2) is 27.4 Å². The Bertz CT molecular complexity index is 511. The first-order valence-electron chi connectivity index (χ1n) is 5.50. The second-order valence-electron chi connectivity index (χ2n) is 3.74. The number of rotatable bonds is 5. The quantitative estimate of drug-likeness (QED) is 0.715. The van der Waals surface area contributed by atoms with Crippen molar-refractivity contribution >= 4 is 21.6 Å². The van der Waals surface area contributed by atoms with Gasteiger partial charge in [-0.15, -0.1) is 0 Å². The average molecular weight is 271 g/mol. The Hall–Kier alpha value is -1.44. The van der Waals surface area contributed by atoms with Gasteiger partial charge in [0.2, 0.25) is 15.9 Å². The zero-order valence-corrected chi connectivity index (χ0v) is 11.1. The molecule has 6 nitrogen and oxygen atoms in total. The van der Waals surface area contributed by atoms with Gasteiger partial charge in [0.25, 0.3) is 0 Å². The molecule has 0 fully saturated rings. The number of carbonyl (C=O) groups is 1. The molecule has 1 atom stereocenters. The van der Waals surface area contributed by atoms with Gasteiger partial charge in [-0.05, 0) is 37.7 Å². The van der Waals surface area contributed by atoms with Crippen molar-refractivity contribution in [3.8, 4) is 0 Å². The normalized spacial score (nSPS) is 13.1. The second kappa shape index (κ2) is 5.94. The van der Waals surface area contributed by atoms with Crippen LogP contribution in [0, 0.1) is 0 Å². The highest BCUT2D eigenvalue weighted by Crippen LogP contribution is 2.13. The highest BCUT2D eigenvalue weighted by molar-refractivity contribution is 7.89. The van der Waals surface area contributed by atoms with E-state index in [-0.39, 0.29) is 10.8 Å². The topological polar surface area (TPSA) is 101 Å². The molecule has 0 aliphatic rings. The van der Waals surface area contributed by atoms with Gasteiger partial charge in [-0.2, -0.15) is 0 Å². The molecule has 1 rings (SSSR count). The Labute approximate surface area is 107 Å². The lowest BCUT2D eigenvalue weighted by Gasteiger charge is -2.10. The number of nitrogens with two attached hydrogens (primary N) is 1. The molecule has 0 spiro atoms. The van der Waals surface area contributed by atoms with Crippen molar-refractivity contribution in [2.24, 2.45) is 5.73 Å². The number of carbonyl (C=O) groups excluding carboxylic acids is 1. The van der Waals surface area contributed by atoms with Crippen LogP contribution in [0.4, 0.5) is 5.69 Å².